The van der Waals surface area contributed by atoms with E-state index in [1.54, 1.807) is 0 Å². The van der Waals surface area contributed by atoms with Crippen LogP contribution in [0.2, 0.25) is 0 Å². The predicted molar refractivity (Wildman–Crippen MR) is 84.3 cm³/mol. The highest BCUT2D eigenvalue weighted by Gasteiger charge is 2.18. The lowest BCUT2D eigenvalue weighted by molar-refractivity contribution is -0.385. The van der Waals surface area contributed by atoms with E-state index in [0.717, 1.165) is 5.69 Å². The largest absolute Gasteiger partial charge is 0.496 e. The van der Waals surface area contributed by atoms with Gasteiger partial charge >= 0.3 is 5.69 Å². The van der Waals surface area contributed by atoms with E-state index in [9.17, 15) is 10.1 Å². The van der Waals surface area contributed by atoms with Crippen LogP contribution in [0.1, 0.15) is 11.3 Å². The molecule has 2 rings (SSSR count). The number of nitrogens with one attached hydrogen (secondary N) is 1. The Morgan fingerprint density at radius 1 is 1.36 bits per heavy atom. The number of methoxy groups -OCH3 is 2. The molecule has 0 aliphatic rings. The SMILES string of the molecule is COc1cc([N+](=O)[O-])c(OC)cc1C=NNc1nc(C)cs1. The quantitative estimate of drug-likeness (QED) is 0.499. The molecule has 0 radical (unpaired) electrons. The summed E-state index contributed by atoms with van der Waals surface area (Å²) in [6.45, 7) is 1.88. The van der Waals surface area contributed by atoms with Gasteiger partial charge in [-0.2, -0.15) is 5.10 Å². The van der Waals surface area contributed by atoms with Crippen molar-refractivity contribution in [2.75, 3.05) is 19.6 Å². The van der Waals surface area contributed by atoms with Crippen molar-refractivity contribution in [3.63, 3.8) is 0 Å². The summed E-state index contributed by atoms with van der Waals surface area (Å²) in [6, 6.07) is 2.79. The molecule has 1 N–H and O–H groups in total. The van der Waals surface area contributed by atoms with Gasteiger partial charge in [0.1, 0.15) is 5.75 Å². The highest BCUT2D eigenvalue weighted by atomic mass is 32.1. The van der Waals surface area contributed by atoms with Crippen LogP contribution in [0.5, 0.6) is 11.5 Å². The molecule has 1 aromatic carbocycles. The number of nitro groups is 1. The standard InChI is InChI=1S/C13H14N4O4S/c1-8-7-22-13(15-8)16-14-6-9-4-12(21-3)10(17(18)19)5-11(9)20-2/h4-7H,1-3H3,(H,15,16). The number of hydrogen-bond acceptors (Lipinski definition) is 8. The lowest BCUT2D eigenvalue weighted by atomic mass is 10.2. The molecule has 2 aromatic rings. The molecule has 22 heavy (non-hydrogen) atoms. The Labute approximate surface area is 130 Å². The highest BCUT2D eigenvalue weighted by Crippen LogP contribution is 2.33. The second-order valence-electron chi connectivity index (χ2n) is 4.19. The lowest BCUT2D eigenvalue weighted by Gasteiger charge is -2.07. The topological polar surface area (TPSA) is 98.9 Å². The van der Waals surface area contributed by atoms with Crippen LogP contribution in [0.25, 0.3) is 0 Å². The minimum atomic E-state index is -0.529. The third kappa shape index (κ3) is 3.50. The van der Waals surface area contributed by atoms with Gasteiger partial charge in [0, 0.05) is 10.9 Å². The summed E-state index contributed by atoms with van der Waals surface area (Å²) >= 11 is 1.43. The van der Waals surface area contributed by atoms with Gasteiger partial charge in [-0.15, -0.1) is 11.3 Å². The van der Waals surface area contributed by atoms with Gasteiger partial charge in [0.25, 0.3) is 0 Å². The number of thiazole rings is 1. The number of ether oxygens (including phenoxy) is 2. The zero-order valence-electron chi connectivity index (χ0n) is 12.2. The summed E-state index contributed by atoms with van der Waals surface area (Å²) in [5, 5.41) is 17.6. The highest BCUT2D eigenvalue weighted by molar-refractivity contribution is 7.13. The van der Waals surface area contributed by atoms with Gasteiger partial charge in [-0.1, -0.05) is 0 Å². The number of nitro benzene ring substituents is 1. The number of hydrogen-bond donors (Lipinski definition) is 1. The van der Waals surface area contributed by atoms with Crippen LogP contribution in [0.3, 0.4) is 0 Å². The molecule has 0 unspecified atom stereocenters. The molecule has 0 spiro atoms. The van der Waals surface area contributed by atoms with Crippen LogP contribution < -0.4 is 14.9 Å². The molecule has 1 aromatic heterocycles. The van der Waals surface area contributed by atoms with Crippen LogP contribution in [0.15, 0.2) is 22.6 Å². The van der Waals surface area contributed by atoms with Gasteiger partial charge in [0.2, 0.25) is 5.13 Å². The third-order valence-electron chi connectivity index (χ3n) is 2.71. The van der Waals surface area contributed by atoms with E-state index in [-0.39, 0.29) is 11.4 Å². The zero-order chi connectivity index (χ0) is 16.1. The molecule has 0 atom stereocenters. The van der Waals surface area contributed by atoms with Crippen molar-refractivity contribution in [1.29, 1.82) is 0 Å². The van der Waals surface area contributed by atoms with Gasteiger partial charge in [-0.3, -0.25) is 15.5 Å². The Morgan fingerprint density at radius 2 is 2.09 bits per heavy atom. The monoisotopic (exact) mass is 322 g/mol. The Morgan fingerprint density at radius 3 is 2.64 bits per heavy atom. The maximum Gasteiger partial charge on any atom is 0.314 e. The smallest absolute Gasteiger partial charge is 0.314 e. The molecule has 0 aliphatic heterocycles. The van der Waals surface area contributed by atoms with Crippen molar-refractivity contribution >= 4 is 28.4 Å². The fourth-order valence-corrected chi connectivity index (χ4v) is 2.35. The first-order valence-electron chi connectivity index (χ1n) is 6.16. The summed E-state index contributed by atoms with van der Waals surface area (Å²) in [7, 11) is 2.80. The first kappa shape index (κ1) is 15.7. The molecule has 0 fully saturated rings. The van der Waals surface area contributed by atoms with Gasteiger partial charge in [0.05, 0.1) is 37.1 Å². The molecule has 8 nitrogen and oxygen atoms in total. The summed E-state index contributed by atoms with van der Waals surface area (Å²) in [5.74, 6) is 0.464. The average molecular weight is 322 g/mol. The van der Waals surface area contributed by atoms with Crippen LogP contribution in [0, 0.1) is 17.0 Å². The van der Waals surface area contributed by atoms with Gasteiger partial charge in [-0.05, 0) is 13.0 Å². The molecular weight excluding hydrogens is 308 g/mol. The third-order valence-corrected chi connectivity index (χ3v) is 3.58. The molecular formula is C13H14N4O4S. The molecule has 1 heterocycles. The van der Waals surface area contributed by atoms with Crippen molar-refractivity contribution in [2.24, 2.45) is 5.10 Å². The number of rotatable bonds is 6. The van der Waals surface area contributed by atoms with E-state index in [2.05, 4.69) is 15.5 Å². The summed E-state index contributed by atoms with van der Waals surface area (Å²) in [4.78, 5) is 14.7. The Hall–Kier alpha value is -2.68. The minimum absolute atomic E-state index is 0.136. The van der Waals surface area contributed by atoms with Crippen molar-refractivity contribution < 1.29 is 14.4 Å². The molecule has 0 amide bonds. The number of benzene rings is 1. The van der Waals surface area contributed by atoms with E-state index in [1.807, 2.05) is 12.3 Å². The molecule has 9 heteroatoms. The van der Waals surface area contributed by atoms with Gasteiger partial charge < -0.3 is 9.47 Å². The van der Waals surface area contributed by atoms with Crippen LogP contribution in [-0.2, 0) is 0 Å². The van der Waals surface area contributed by atoms with E-state index < -0.39 is 4.92 Å². The molecule has 0 saturated carbocycles. The van der Waals surface area contributed by atoms with Crippen molar-refractivity contribution in [1.82, 2.24) is 4.98 Å². The summed E-state index contributed by atoms with van der Waals surface area (Å²) < 4.78 is 10.2. The fourth-order valence-electron chi connectivity index (χ4n) is 1.71. The molecule has 0 aliphatic carbocycles. The molecule has 0 saturated heterocycles. The Kier molecular flexibility index (Phi) is 4.89. The Bertz CT molecular complexity index is 714. The summed E-state index contributed by atoms with van der Waals surface area (Å²) in [6.07, 6.45) is 1.49. The molecule has 0 bridgehead atoms. The van der Waals surface area contributed by atoms with E-state index in [1.165, 1.54) is 43.9 Å². The zero-order valence-corrected chi connectivity index (χ0v) is 13.0. The van der Waals surface area contributed by atoms with E-state index in [0.29, 0.717) is 16.4 Å². The average Bonchev–Trinajstić information content (AvgIpc) is 2.91. The van der Waals surface area contributed by atoms with Crippen LogP contribution in [-0.4, -0.2) is 30.3 Å². The van der Waals surface area contributed by atoms with Gasteiger partial charge in [0.15, 0.2) is 5.75 Å². The number of hydrazone groups is 1. The maximum absolute atomic E-state index is 11.0. The number of anilines is 1. The normalized spacial score (nSPS) is 10.7. The first-order chi connectivity index (χ1) is 10.5. The van der Waals surface area contributed by atoms with E-state index >= 15 is 0 Å². The first-order valence-corrected chi connectivity index (χ1v) is 7.04. The van der Waals surface area contributed by atoms with Crippen molar-refractivity contribution in [3.05, 3.63) is 38.9 Å². The molecule has 116 valence electrons. The van der Waals surface area contributed by atoms with E-state index in [4.69, 9.17) is 9.47 Å². The van der Waals surface area contributed by atoms with Crippen LogP contribution >= 0.6 is 11.3 Å². The minimum Gasteiger partial charge on any atom is -0.496 e. The fraction of sp³-hybridized carbons (Fsp3) is 0.231. The Balaban J connectivity index is 2.27. The second-order valence-corrected chi connectivity index (χ2v) is 5.05. The van der Waals surface area contributed by atoms with Crippen LogP contribution in [0.4, 0.5) is 10.8 Å². The lowest BCUT2D eigenvalue weighted by Crippen LogP contribution is -1.99. The second kappa shape index (κ2) is 6.85. The van der Waals surface area contributed by atoms with Gasteiger partial charge in [-0.25, -0.2) is 4.98 Å². The van der Waals surface area contributed by atoms with Crippen molar-refractivity contribution in [3.8, 4) is 11.5 Å². The number of aryl methyl sites for hydroxylation is 1. The predicted octanol–water partition coefficient (Wildman–Crippen LogP) is 2.82. The number of aromatic nitrogens is 1. The summed E-state index contributed by atoms with van der Waals surface area (Å²) in [5.41, 5.74) is 4.07. The van der Waals surface area contributed by atoms with Crippen molar-refractivity contribution in [2.45, 2.75) is 6.92 Å². The number of nitrogens with zero attached hydrogens (tertiary/aromatic N) is 3. The maximum atomic E-state index is 11.0.